The Morgan fingerprint density at radius 3 is 2.53 bits per heavy atom. The van der Waals surface area contributed by atoms with Crippen LogP contribution < -0.4 is 15.5 Å². The lowest BCUT2D eigenvalue weighted by Gasteiger charge is -2.46. The molecule has 6 atom stereocenters. The maximum Gasteiger partial charge on any atom is 0.335 e. The molecule has 1 saturated heterocycles. The van der Waals surface area contributed by atoms with Gasteiger partial charge in [-0.05, 0) is 48.7 Å². The van der Waals surface area contributed by atoms with Gasteiger partial charge in [0, 0.05) is 12.6 Å². The lowest BCUT2D eigenvalue weighted by atomic mass is 9.86. The number of nitrogens with one attached hydrogen (secondary N) is 1. The van der Waals surface area contributed by atoms with Crippen LogP contribution in [0.15, 0.2) is 57.9 Å². The number of phenols is 1. The summed E-state index contributed by atoms with van der Waals surface area (Å²) in [5.41, 5.74) is -1.54. The summed E-state index contributed by atoms with van der Waals surface area (Å²) in [6.45, 7) is 4.59. The summed E-state index contributed by atoms with van der Waals surface area (Å²) >= 11 is 0. The molecule has 1 aromatic heterocycles. The number of carboxylic acid groups (broad SMARTS) is 1. The van der Waals surface area contributed by atoms with Crippen molar-refractivity contribution in [2.75, 3.05) is 13.1 Å². The average Bonchev–Trinajstić information content (AvgIpc) is 2.98. The van der Waals surface area contributed by atoms with Crippen molar-refractivity contribution in [1.82, 2.24) is 5.32 Å². The lowest BCUT2D eigenvalue weighted by molar-refractivity contribution is -0.311. The van der Waals surface area contributed by atoms with Crippen LogP contribution in [0.3, 0.4) is 0 Å². The lowest BCUT2D eigenvalue weighted by Crippen LogP contribution is -2.71. The number of unbranched alkanes of at least 4 members (excludes halogenated alkanes) is 3. The van der Waals surface area contributed by atoms with Crippen molar-refractivity contribution in [3.63, 3.8) is 0 Å². The predicted molar refractivity (Wildman–Crippen MR) is 159 cm³/mol. The summed E-state index contributed by atoms with van der Waals surface area (Å²) < 4.78 is 17.0. The normalized spacial score (nSPS) is 24.6. The molecule has 0 saturated carbocycles. The minimum atomic E-state index is -2.21. The third-order valence-electron chi connectivity index (χ3n) is 8.01. The van der Waals surface area contributed by atoms with Gasteiger partial charge in [-0.3, -0.25) is 4.79 Å². The molecule has 2 heterocycles. The summed E-state index contributed by atoms with van der Waals surface area (Å²) in [5.74, 6) is -0.948. The van der Waals surface area contributed by atoms with Crippen LogP contribution in [0, 0.1) is 5.92 Å². The number of aliphatic carboxylic acids is 1. The maximum atomic E-state index is 13.1. The molecule has 1 aliphatic rings. The first-order chi connectivity index (χ1) is 20.5. The van der Waals surface area contributed by atoms with Crippen LogP contribution in [0.25, 0.3) is 22.1 Å². The fraction of sp³-hybridized carbons (Fsp3) is 0.500. The Hall–Kier alpha value is -3.48. The van der Waals surface area contributed by atoms with E-state index in [4.69, 9.17) is 13.9 Å². The van der Waals surface area contributed by atoms with E-state index in [2.05, 4.69) is 19.2 Å². The van der Waals surface area contributed by atoms with Crippen LogP contribution in [0.4, 0.5) is 0 Å². The molecule has 234 valence electrons. The third-order valence-corrected chi connectivity index (χ3v) is 8.01. The highest BCUT2D eigenvalue weighted by atomic mass is 16.7. The number of fused-ring (bicyclic) bond motifs is 1. The molecule has 2 aromatic carbocycles. The Labute approximate surface area is 249 Å². The van der Waals surface area contributed by atoms with Gasteiger partial charge in [0.1, 0.15) is 35.6 Å². The van der Waals surface area contributed by atoms with E-state index in [1.54, 1.807) is 12.1 Å². The molecule has 11 heteroatoms. The molecule has 0 amide bonds. The van der Waals surface area contributed by atoms with E-state index in [1.807, 2.05) is 0 Å². The van der Waals surface area contributed by atoms with Gasteiger partial charge < -0.3 is 44.7 Å². The highest BCUT2D eigenvalue weighted by Crippen LogP contribution is 2.33. The van der Waals surface area contributed by atoms with Gasteiger partial charge in [-0.25, -0.2) is 4.79 Å². The average molecular weight is 600 g/mol. The topological polar surface area (TPSA) is 179 Å². The van der Waals surface area contributed by atoms with Crippen molar-refractivity contribution in [3.05, 3.63) is 59.0 Å². The zero-order valence-corrected chi connectivity index (χ0v) is 24.4. The number of carbonyl (C=O) groups is 1. The van der Waals surface area contributed by atoms with Crippen molar-refractivity contribution in [2.24, 2.45) is 5.92 Å². The first-order valence-corrected chi connectivity index (χ1v) is 14.7. The van der Waals surface area contributed by atoms with Crippen LogP contribution >= 0.6 is 0 Å². The summed E-state index contributed by atoms with van der Waals surface area (Å²) in [5, 5.41) is 55.3. The standard InChI is InChI=1S/C32H41NO10/c1-3-4-5-6-7-19(2)14-15-33-18-32(40)29(37)27(36)28(30(38)39)43-31(32)42-22-12-13-23-25(16-22)41-17-24(26(23)35)20-8-10-21(34)11-9-20/h8-13,16-17,19,27-29,31,33-34,36-37,40H,3-7,14-15,18H2,1-2H3,(H,38,39). The molecule has 6 N–H and O–H groups in total. The minimum Gasteiger partial charge on any atom is -0.508 e. The smallest absolute Gasteiger partial charge is 0.335 e. The predicted octanol–water partition coefficient (Wildman–Crippen LogP) is 3.39. The molecule has 4 rings (SSSR count). The molecule has 0 bridgehead atoms. The van der Waals surface area contributed by atoms with E-state index in [0.717, 1.165) is 19.3 Å². The zero-order valence-electron chi connectivity index (χ0n) is 24.4. The van der Waals surface area contributed by atoms with Crippen LogP contribution in [-0.2, 0) is 9.53 Å². The monoisotopic (exact) mass is 599 g/mol. The highest BCUT2D eigenvalue weighted by molar-refractivity contribution is 5.82. The zero-order chi connectivity index (χ0) is 31.1. The van der Waals surface area contributed by atoms with E-state index >= 15 is 0 Å². The Morgan fingerprint density at radius 2 is 1.84 bits per heavy atom. The third kappa shape index (κ3) is 7.54. The van der Waals surface area contributed by atoms with E-state index in [0.29, 0.717) is 18.0 Å². The number of aliphatic hydroxyl groups is 3. The number of aromatic hydroxyl groups is 1. The van der Waals surface area contributed by atoms with Crippen LogP contribution in [0.2, 0.25) is 0 Å². The first-order valence-electron chi connectivity index (χ1n) is 14.7. The van der Waals surface area contributed by atoms with Gasteiger partial charge in [-0.15, -0.1) is 0 Å². The molecule has 43 heavy (non-hydrogen) atoms. The number of ether oxygens (including phenoxy) is 2. The minimum absolute atomic E-state index is 0.0611. The summed E-state index contributed by atoms with van der Waals surface area (Å²) in [7, 11) is 0. The van der Waals surface area contributed by atoms with Gasteiger partial charge in [0.15, 0.2) is 17.1 Å². The van der Waals surface area contributed by atoms with E-state index in [-0.39, 0.29) is 40.0 Å². The fourth-order valence-electron chi connectivity index (χ4n) is 5.30. The molecule has 1 aliphatic heterocycles. The molecule has 0 radical (unpaired) electrons. The van der Waals surface area contributed by atoms with Gasteiger partial charge in [0.25, 0.3) is 0 Å². The van der Waals surface area contributed by atoms with Crippen LogP contribution in [0.1, 0.15) is 52.4 Å². The maximum absolute atomic E-state index is 13.1. The molecule has 0 aliphatic carbocycles. The Bertz CT molecular complexity index is 1420. The van der Waals surface area contributed by atoms with E-state index in [9.17, 15) is 35.1 Å². The van der Waals surface area contributed by atoms with Gasteiger partial charge >= 0.3 is 5.97 Å². The van der Waals surface area contributed by atoms with E-state index in [1.165, 1.54) is 55.9 Å². The van der Waals surface area contributed by atoms with Crippen LogP contribution in [-0.4, -0.2) is 74.8 Å². The van der Waals surface area contributed by atoms with Crippen LogP contribution in [0.5, 0.6) is 11.5 Å². The first kappa shape index (κ1) is 32.4. The van der Waals surface area contributed by atoms with Crippen molar-refractivity contribution in [1.29, 1.82) is 0 Å². The van der Waals surface area contributed by atoms with Crippen molar-refractivity contribution < 1.29 is 44.2 Å². The Kier molecular flexibility index (Phi) is 10.8. The second-order valence-corrected chi connectivity index (χ2v) is 11.4. The fourth-order valence-corrected chi connectivity index (χ4v) is 5.30. The molecular weight excluding hydrogens is 558 g/mol. The van der Waals surface area contributed by atoms with E-state index < -0.39 is 36.2 Å². The SMILES string of the molecule is CCCCCCC(C)CCNCC1(O)C(Oc2ccc3c(=O)c(-c4ccc(O)cc4)coc3c2)OC(C(=O)O)C(O)C1O. The number of rotatable bonds is 14. The van der Waals surface area contributed by atoms with Crippen molar-refractivity contribution in [3.8, 4) is 22.6 Å². The molecule has 11 nitrogen and oxygen atoms in total. The van der Waals surface area contributed by atoms with Gasteiger partial charge in [0.05, 0.1) is 10.9 Å². The number of hydrogen-bond acceptors (Lipinski definition) is 10. The summed E-state index contributed by atoms with van der Waals surface area (Å²) in [6.07, 6.45) is 0.549. The number of hydrogen-bond donors (Lipinski definition) is 6. The van der Waals surface area contributed by atoms with Crippen molar-refractivity contribution >= 4 is 16.9 Å². The van der Waals surface area contributed by atoms with Gasteiger partial charge in [-0.2, -0.15) is 0 Å². The molecule has 0 spiro atoms. The number of benzene rings is 2. The molecular formula is C32H41NO10. The largest absolute Gasteiger partial charge is 0.508 e. The molecule has 1 fully saturated rings. The number of phenolic OH excluding ortho intramolecular Hbond substituents is 1. The Balaban J connectivity index is 1.51. The Morgan fingerprint density at radius 1 is 1.09 bits per heavy atom. The van der Waals surface area contributed by atoms with Gasteiger partial charge in [0.2, 0.25) is 6.29 Å². The molecule has 6 unspecified atom stereocenters. The summed E-state index contributed by atoms with van der Waals surface area (Å²) in [6, 6.07) is 10.4. The number of aliphatic hydroxyl groups excluding tert-OH is 2. The second kappa shape index (κ2) is 14.3. The molecule has 3 aromatic rings. The highest BCUT2D eigenvalue weighted by Gasteiger charge is 2.58. The quantitative estimate of drug-likeness (QED) is 0.150. The second-order valence-electron chi connectivity index (χ2n) is 11.4. The summed E-state index contributed by atoms with van der Waals surface area (Å²) in [4.78, 5) is 24.9. The van der Waals surface area contributed by atoms with Crippen molar-refractivity contribution in [2.45, 2.75) is 82.6 Å². The van der Waals surface area contributed by atoms with Gasteiger partial charge in [-0.1, -0.05) is 58.1 Å². The number of carboxylic acids is 1.